The van der Waals surface area contributed by atoms with Crippen LogP contribution in [0.3, 0.4) is 0 Å². The summed E-state index contributed by atoms with van der Waals surface area (Å²) in [6.45, 7) is 0. The highest BCUT2D eigenvalue weighted by atomic mass is 14.0. The topological polar surface area (TPSA) is 0 Å². The minimum atomic E-state index is 1.38. The second-order valence-corrected chi connectivity index (χ2v) is 4.40. The summed E-state index contributed by atoms with van der Waals surface area (Å²) < 4.78 is 0. The summed E-state index contributed by atoms with van der Waals surface area (Å²) >= 11 is 0. The summed E-state index contributed by atoms with van der Waals surface area (Å²) in [6.07, 6.45) is 20.0. The van der Waals surface area contributed by atoms with Crippen molar-refractivity contribution in [1.82, 2.24) is 0 Å². The van der Waals surface area contributed by atoms with Crippen LogP contribution in [0.2, 0.25) is 0 Å². The molecular formula is C13H25. The van der Waals surface area contributed by atoms with Gasteiger partial charge in [-0.25, -0.2) is 0 Å². The van der Waals surface area contributed by atoms with E-state index in [1.54, 1.807) is 0 Å². The van der Waals surface area contributed by atoms with Gasteiger partial charge in [-0.3, -0.25) is 0 Å². The molecule has 0 aliphatic heterocycles. The summed E-state index contributed by atoms with van der Waals surface area (Å²) in [5.74, 6) is 0. The number of rotatable bonds is 0. The van der Waals surface area contributed by atoms with Crippen LogP contribution in [-0.2, 0) is 0 Å². The molecule has 0 amide bonds. The van der Waals surface area contributed by atoms with Gasteiger partial charge in [-0.2, -0.15) is 0 Å². The van der Waals surface area contributed by atoms with Crippen molar-refractivity contribution in [3.8, 4) is 0 Å². The van der Waals surface area contributed by atoms with Crippen molar-refractivity contribution in [2.75, 3.05) is 0 Å². The van der Waals surface area contributed by atoms with Crippen molar-refractivity contribution >= 4 is 0 Å². The van der Waals surface area contributed by atoms with E-state index >= 15 is 0 Å². The monoisotopic (exact) mass is 181 g/mol. The maximum Gasteiger partial charge on any atom is -0.0386 e. The van der Waals surface area contributed by atoms with E-state index in [0.29, 0.717) is 0 Å². The van der Waals surface area contributed by atoms with Gasteiger partial charge in [0.15, 0.2) is 0 Å². The molecule has 0 aromatic heterocycles. The van der Waals surface area contributed by atoms with E-state index in [9.17, 15) is 0 Å². The van der Waals surface area contributed by atoms with E-state index in [1.165, 1.54) is 77.0 Å². The van der Waals surface area contributed by atoms with Crippen molar-refractivity contribution in [2.24, 2.45) is 0 Å². The van der Waals surface area contributed by atoms with Crippen LogP contribution >= 0.6 is 0 Å². The Labute approximate surface area is 84.1 Å². The highest BCUT2D eigenvalue weighted by molar-refractivity contribution is 4.65. The normalized spacial score (nSPS) is 24.0. The van der Waals surface area contributed by atoms with E-state index in [4.69, 9.17) is 0 Å². The molecule has 1 aliphatic rings. The van der Waals surface area contributed by atoms with Crippen molar-refractivity contribution in [3.05, 3.63) is 6.42 Å². The van der Waals surface area contributed by atoms with Gasteiger partial charge in [0.1, 0.15) is 0 Å². The van der Waals surface area contributed by atoms with Crippen LogP contribution in [-0.4, -0.2) is 0 Å². The largest absolute Gasteiger partial charge is 0.0533 e. The molecule has 0 saturated heterocycles. The molecule has 1 aliphatic carbocycles. The summed E-state index contributed by atoms with van der Waals surface area (Å²) in [5.41, 5.74) is 0. The molecule has 0 atom stereocenters. The zero-order chi connectivity index (χ0) is 9.19. The fourth-order valence-corrected chi connectivity index (χ4v) is 2.14. The SMILES string of the molecule is [CH]1CCCCCCCCCCCC1. The van der Waals surface area contributed by atoms with Crippen molar-refractivity contribution in [2.45, 2.75) is 77.0 Å². The lowest BCUT2D eigenvalue weighted by atomic mass is 10.1. The fraction of sp³-hybridized carbons (Fsp3) is 0.923. The molecule has 0 aromatic carbocycles. The molecule has 13 heavy (non-hydrogen) atoms. The van der Waals surface area contributed by atoms with Gasteiger partial charge < -0.3 is 0 Å². The first-order valence-corrected chi connectivity index (χ1v) is 6.32. The molecular weight excluding hydrogens is 156 g/mol. The van der Waals surface area contributed by atoms with Crippen LogP contribution in [0.25, 0.3) is 0 Å². The van der Waals surface area contributed by atoms with Gasteiger partial charge in [-0.05, 0) is 6.42 Å². The number of hydrogen-bond donors (Lipinski definition) is 0. The van der Waals surface area contributed by atoms with Crippen molar-refractivity contribution in [3.63, 3.8) is 0 Å². The van der Waals surface area contributed by atoms with Gasteiger partial charge in [0.2, 0.25) is 0 Å². The lowest BCUT2D eigenvalue weighted by Crippen LogP contribution is -1.81. The van der Waals surface area contributed by atoms with Crippen LogP contribution < -0.4 is 0 Å². The van der Waals surface area contributed by atoms with Gasteiger partial charge in [0.05, 0.1) is 0 Å². The van der Waals surface area contributed by atoms with E-state index in [-0.39, 0.29) is 0 Å². The maximum atomic E-state index is 2.51. The Morgan fingerprint density at radius 1 is 0.385 bits per heavy atom. The van der Waals surface area contributed by atoms with E-state index < -0.39 is 0 Å². The van der Waals surface area contributed by atoms with Gasteiger partial charge >= 0.3 is 0 Å². The third kappa shape index (κ3) is 7.10. The van der Waals surface area contributed by atoms with Gasteiger partial charge in [-0.1, -0.05) is 77.0 Å². The smallest absolute Gasteiger partial charge is 0.0386 e. The minimum absolute atomic E-state index is 1.38. The Morgan fingerprint density at radius 3 is 1.08 bits per heavy atom. The van der Waals surface area contributed by atoms with Crippen LogP contribution in [0, 0.1) is 6.42 Å². The molecule has 1 fully saturated rings. The second kappa shape index (κ2) is 8.59. The fourth-order valence-electron chi connectivity index (χ4n) is 2.14. The zero-order valence-corrected chi connectivity index (χ0v) is 9.06. The maximum absolute atomic E-state index is 2.51. The molecule has 1 radical (unpaired) electrons. The van der Waals surface area contributed by atoms with Crippen LogP contribution in [0.5, 0.6) is 0 Å². The Balaban J connectivity index is 2.01. The molecule has 77 valence electrons. The molecule has 0 spiro atoms. The minimum Gasteiger partial charge on any atom is -0.0533 e. The lowest BCUT2D eigenvalue weighted by molar-refractivity contribution is 0.562. The Kier molecular flexibility index (Phi) is 7.32. The molecule has 1 rings (SSSR count). The standard InChI is InChI=1S/C13H25/c1-2-4-6-8-10-12-13-11-9-7-5-3-1/h1H,2-13H2. The Hall–Kier alpha value is 0. The Morgan fingerprint density at radius 2 is 0.692 bits per heavy atom. The molecule has 0 bridgehead atoms. The number of hydrogen-bond acceptors (Lipinski definition) is 0. The highest BCUT2D eigenvalue weighted by Gasteiger charge is 1.96. The van der Waals surface area contributed by atoms with Crippen molar-refractivity contribution < 1.29 is 0 Å². The highest BCUT2D eigenvalue weighted by Crippen LogP contribution is 2.15. The third-order valence-electron chi connectivity index (χ3n) is 3.07. The predicted octanol–water partition coefficient (Wildman–Crippen LogP) is 4.89. The quantitative estimate of drug-likeness (QED) is 0.499. The van der Waals surface area contributed by atoms with Gasteiger partial charge in [-0.15, -0.1) is 0 Å². The molecule has 0 heterocycles. The molecule has 0 nitrogen and oxygen atoms in total. The summed E-state index contributed by atoms with van der Waals surface area (Å²) in [7, 11) is 0. The van der Waals surface area contributed by atoms with E-state index in [2.05, 4.69) is 6.42 Å². The predicted molar refractivity (Wildman–Crippen MR) is 59.7 cm³/mol. The average molecular weight is 181 g/mol. The molecule has 0 aromatic rings. The van der Waals surface area contributed by atoms with Gasteiger partial charge in [0.25, 0.3) is 0 Å². The molecule has 0 unspecified atom stereocenters. The second-order valence-electron chi connectivity index (χ2n) is 4.40. The first kappa shape index (κ1) is 11.1. The Bertz CT molecular complexity index is 48.1. The molecule has 0 N–H and O–H groups in total. The first-order valence-electron chi connectivity index (χ1n) is 6.32. The zero-order valence-electron chi connectivity index (χ0n) is 9.06. The van der Waals surface area contributed by atoms with Crippen LogP contribution in [0.1, 0.15) is 77.0 Å². The summed E-state index contributed by atoms with van der Waals surface area (Å²) in [4.78, 5) is 0. The van der Waals surface area contributed by atoms with E-state index in [0.717, 1.165) is 0 Å². The lowest BCUT2D eigenvalue weighted by Gasteiger charge is -1.99. The van der Waals surface area contributed by atoms with Crippen molar-refractivity contribution in [1.29, 1.82) is 0 Å². The van der Waals surface area contributed by atoms with Crippen LogP contribution in [0.4, 0.5) is 0 Å². The molecule has 1 saturated carbocycles. The third-order valence-corrected chi connectivity index (χ3v) is 3.07. The summed E-state index contributed by atoms with van der Waals surface area (Å²) in [5, 5.41) is 0. The first-order chi connectivity index (χ1) is 6.50. The van der Waals surface area contributed by atoms with E-state index in [1.807, 2.05) is 0 Å². The average Bonchev–Trinajstić information content (AvgIpc) is 2.18. The van der Waals surface area contributed by atoms with Crippen LogP contribution in [0.15, 0.2) is 0 Å². The molecule has 0 heteroatoms. The van der Waals surface area contributed by atoms with Gasteiger partial charge in [0, 0.05) is 0 Å². The summed E-state index contributed by atoms with van der Waals surface area (Å²) in [6, 6.07) is 0.